The first kappa shape index (κ1) is 14.0. The molecule has 0 amide bonds. The van der Waals surface area contributed by atoms with Gasteiger partial charge in [-0.2, -0.15) is 11.8 Å². The summed E-state index contributed by atoms with van der Waals surface area (Å²) in [6.45, 7) is 9.43. The SMILES string of the molecule is CC(C)c1cccc2c1C(C(C)C)CSCCC2. The van der Waals surface area contributed by atoms with Crippen molar-refractivity contribution in [2.24, 2.45) is 5.92 Å². The van der Waals surface area contributed by atoms with Gasteiger partial charge in [-0.1, -0.05) is 45.9 Å². The van der Waals surface area contributed by atoms with E-state index in [-0.39, 0.29) is 0 Å². The summed E-state index contributed by atoms with van der Waals surface area (Å²) in [5.41, 5.74) is 4.91. The molecule has 1 aliphatic heterocycles. The van der Waals surface area contributed by atoms with Crippen LogP contribution in [-0.2, 0) is 6.42 Å². The van der Waals surface area contributed by atoms with E-state index < -0.39 is 0 Å². The smallest absolute Gasteiger partial charge is 0.000414 e. The third-order valence-electron chi connectivity index (χ3n) is 4.06. The largest absolute Gasteiger partial charge is 0.161 e. The first-order valence-corrected chi connectivity index (χ1v) is 8.46. The van der Waals surface area contributed by atoms with Crippen LogP contribution in [0.2, 0.25) is 0 Å². The Morgan fingerprint density at radius 1 is 1.17 bits per heavy atom. The van der Waals surface area contributed by atoms with E-state index in [1.54, 1.807) is 16.7 Å². The van der Waals surface area contributed by atoms with Gasteiger partial charge in [-0.15, -0.1) is 0 Å². The van der Waals surface area contributed by atoms with Gasteiger partial charge < -0.3 is 0 Å². The van der Waals surface area contributed by atoms with Crippen LogP contribution in [0.15, 0.2) is 18.2 Å². The normalized spacial score (nSPS) is 20.7. The number of rotatable bonds is 2. The van der Waals surface area contributed by atoms with Crippen LogP contribution in [0.3, 0.4) is 0 Å². The lowest BCUT2D eigenvalue weighted by Gasteiger charge is -2.29. The third kappa shape index (κ3) is 2.93. The van der Waals surface area contributed by atoms with E-state index in [1.165, 1.54) is 24.3 Å². The molecule has 1 unspecified atom stereocenters. The summed E-state index contributed by atoms with van der Waals surface area (Å²) in [7, 11) is 0. The van der Waals surface area contributed by atoms with Crippen molar-refractivity contribution in [2.45, 2.75) is 52.4 Å². The number of hydrogen-bond donors (Lipinski definition) is 0. The maximum Gasteiger partial charge on any atom is 0.000414 e. The van der Waals surface area contributed by atoms with Crippen LogP contribution in [0.4, 0.5) is 0 Å². The third-order valence-corrected chi connectivity index (χ3v) is 5.23. The van der Waals surface area contributed by atoms with E-state index >= 15 is 0 Å². The molecule has 1 heteroatoms. The molecule has 1 atom stereocenters. The molecule has 0 aromatic heterocycles. The van der Waals surface area contributed by atoms with Crippen molar-refractivity contribution >= 4 is 11.8 Å². The maximum atomic E-state index is 2.38. The second-order valence-electron chi connectivity index (χ2n) is 6.10. The predicted octanol–water partition coefficient (Wildman–Crippen LogP) is 5.23. The molecule has 0 saturated carbocycles. The number of aryl methyl sites for hydroxylation is 1. The number of hydrogen-bond acceptors (Lipinski definition) is 1. The van der Waals surface area contributed by atoms with Gasteiger partial charge in [0.15, 0.2) is 0 Å². The second kappa shape index (κ2) is 6.14. The summed E-state index contributed by atoms with van der Waals surface area (Å²) in [4.78, 5) is 0. The number of benzene rings is 1. The van der Waals surface area contributed by atoms with Crippen molar-refractivity contribution in [1.82, 2.24) is 0 Å². The zero-order valence-electron chi connectivity index (χ0n) is 12.2. The molecular formula is C17H26S. The summed E-state index contributed by atoms with van der Waals surface area (Å²) in [6.07, 6.45) is 2.61. The Labute approximate surface area is 117 Å². The highest BCUT2D eigenvalue weighted by Crippen LogP contribution is 2.38. The molecule has 0 fully saturated rings. The van der Waals surface area contributed by atoms with Crippen molar-refractivity contribution in [1.29, 1.82) is 0 Å². The highest BCUT2D eigenvalue weighted by atomic mass is 32.2. The van der Waals surface area contributed by atoms with Gasteiger partial charge >= 0.3 is 0 Å². The van der Waals surface area contributed by atoms with Crippen molar-refractivity contribution in [3.63, 3.8) is 0 Å². The van der Waals surface area contributed by atoms with Gasteiger partial charge in [0.1, 0.15) is 0 Å². The lowest BCUT2D eigenvalue weighted by atomic mass is 9.80. The van der Waals surface area contributed by atoms with Crippen LogP contribution in [0.5, 0.6) is 0 Å². The first-order chi connectivity index (χ1) is 8.61. The monoisotopic (exact) mass is 262 g/mol. The summed E-state index contributed by atoms with van der Waals surface area (Å²) < 4.78 is 0. The molecule has 1 heterocycles. The molecule has 18 heavy (non-hydrogen) atoms. The lowest BCUT2D eigenvalue weighted by Crippen LogP contribution is -2.17. The molecule has 2 rings (SSSR count). The Bertz CT molecular complexity index is 393. The molecule has 0 bridgehead atoms. The van der Waals surface area contributed by atoms with E-state index in [4.69, 9.17) is 0 Å². The van der Waals surface area contributed by atoms with Crippen LogP contribution in [0.25, 0.3) is 0 Å². The van der Waals surface area contributed by atoms with Crippen molar-refractivity contribution in [2.75, 3.05) is 11.5 Å². The van der Waals surface area contributed by atoms with Gasteiger partial charge in [0.2, 0.25) is 0 Å². The fraction of sp³-hybridized carbons (Fsp3) is 0.647. The van der Waals surface area contributed by atoms with Gasteiger partial charge in [-0.25, -0.2) is 0 Å². The van der Waals surface area contributed by atoms with Crippen LogP contribution < -0.4 is 0 Å². The lowest BCUT2D eigenvalue weighted by molar-refractivity contribution is 0.529. The minimum Gasteiger partial charge on any atom is -0.161 e. The van der Waals surface area contributed by atoms with Crippen LogP contribution >= 0.6 is 11.8 Å². The predicted molar refractivity (Wildman–Crippen MR) is 83.8 cm³/mol. The topological polar surface area (TPSA) is 0 Å². The molecule has 1 aromatic carbocycles. The molecule has 0 nitrogen and oxygen atoms in total. The minimum absolute atomic E-state index is 0.644. The van der Waals surface area contributed by atoms with E-state index in [1.807, 2.05) is 0 Å². The Hall–Kier alpha value is -0.430. The van der Waals surface area contributed by atoms with Gasteiger partial charge in [0.05, 0.1) is 0 Å². The Balaban J connectivity index is 2.51. The van der Waals surface area contributed by atoms with Gasteiger partial charge in [-0.3, -0.25) is 0 Å². The summed E-state index contributed by atoms with van der Waals surface area (Å²) in [6, 6.07) is 6.98. The zero-order valence-corrected chi connectivity index (χ0v) is 13.0. The first-order valence-electron chi connectivity index (χ1n) is 7.30. The average molecular weight is 262 g/mol. The van der Waals surface area contributed by atoms with E-state index in [9.17, 15) is 0 Å². The Kier molecular flexibility index (Phi) is 4.77. The number of fused-ring (bicyclic) bond motifs is 1. The van der Waals surface area contributed by atoms with Gasteiger partial charge in [0, 0.05) is 5.75 Å². The fourth-order valence-electron chi connectivity index (χ4n) is 2.99. The fourth-order valence-corrected chi connectivity index (χ4v) is 4.31. The second-order valence-corrected chi connectivity index (χ2v) is 7.25. The van der Waals surface area contributed by atoms with E-state index in [0.29, 0.717) is 5.92 Å². The standard InChI is InChI=1S/C17H26S/c1-12(2)15-9-5-7-14-8-6-10-18-11-16(13(3)4)17(14)15/h5,7,9,12-13,16H,6,8,10-11H2,1-4H3. The molecule has 0 aliphatic carbocycles. The van der Waals surface area contributed by atoms with E-state index in [2.05, 4.69) is 57.7 Å². The summed E-state index contributed by atoms with van der Waals surface area (Å²) >= 11 is 2.15. The Morgan fingerprint density at radius 2 is 1.94 bits per heavy atom. The average Bonchev–Trinajstić information content (AvgIpc) is 2.28. The van der Waals surface area contributed by atoms with E-state index in [0.717, 1.165) is 11.8 Å². The van der Waals surface area contributed by atoms with Crippen molar-refractivity contribution in [3.8, 4) is 0 Å². The van der Waals surface area contributed by atoms with Crippen LogP contribution in [0.1, 0.15) is 62.6 Å². The summed E-state index contributed by atoms with van der Waals surface area (Å²) in [5, 5.41) is 0. The molecule has 0 spiro atoms. The molecule has 100 valence electrons. The quantitative estimate of drug-likeness (QED) is 0.703. The van der Waals surface area contributed by atoms with Gasteiger partial charge in [-0.05, 0) is 53.0 Å². The maximum absolute atomic E-state index is 2.38. The zero-order chi connectivity index (χ0) is 13.1. The van der Waals surface area contributed by atoms with Gasteiger partial charge in [0.25, 0.3) is 0 Å². The van der Waals surface area contributed by atoms with Crippen LogP contribution in [-0.4, -0.2) is 11.5 Å². The van der Waals surface area contributed by atoms with Crippen molar-refractivity contribution < 1.29 is 0 Å². The Morgan fingerprint density at radius 3 is 2.61 bits per heavy atom. The minimum atomic E-state index is 0.644. The highest BCUT2D eigenvalue weighted by molar-refractivity contribution is 7.99. The summed E-state index contributed by atoms with van der Waals surface area (Å²) in [5.74, 6) is 4.76. The highest BCUT2D eigenvalue weighted by Gasteiger charge is 2.24. The molecule has 0 N–H and O–H groups in total. The molecular weight excluding hydrogens is 236 g/mol. The molecule has 0 radical (unpaired) electrons. The van der Waals surface area contributed by atoms with Crippen molar-refractivity contribution in [3.05, 3.63) is 34.9 Å². The molecule has 1 aliphatic rings. The molecule has 1 aromatic rings. The number of thioether (sulfide) groups is 1. The van der Waals surface area contributed by atoms with Crippen LogP contribution in [0, 0.1) is 5.92 Å². The molecule has 0 saturated heterocycles.